The van der Waals surface area contributed by atoms with Crippen LogP contribution in [0.3, 0.4) is 0 Å². The van der Waals surface area contributed by atoms with Crippen LogP contribution in [0.25, 0.3) is 0 Å². The fraction of sp³-hybridized carbons (Fsp3) is 0.316. The van der Waals surface area contributed by atoms with Gasteiger partial charge in [0.25, 0.3) is 0 Å². The first-order valence-electron chi connectivity index (χ1n) is 8.26. The van der Waals surface area contributed by atoms with E-state index in [1.54, 1.807) is 0 Å². The smallest absolute Gasteiger partial charge is 0.243 e. The summed E-state index contributed by atoms with van der Waals surface area (Å²) >= 11 is 0. The van der Waals surface area contributed by atoms with Gasteiger partial charge in [0.15, 0.2) is 0 Å². The third-order valence-corrected chi connectivity index (χ3v) is 4.10. The van der Waals surface area contributed by atoms with Crippen molar-refractivity contribution in [3.05, 3.63) is 54.6 Å². The summed E-state index contributed by atoms with van der Waals surface area (Å²) in [7, 11) is 0. The van der Waals surface area contributed by atoms with E-state index in [2.05, 4.69) is 21.6 Å². The summed E-state index contributed by atoms with van der Waals surface area (Å²) in [5.74, 6) is -0.0293. The number of hydrogen-bond acceptors (Lipinski definition) is 3. The summed E-state index contributed by atoms with van der Waals surface area (Å²) in [6, 6.07) is 17.8. The first kappa shape index (κ1) is 21.1. The quantitative estimate of drug-likeness (QED) is 0.796. The molecule has 1 saturated heterocycles. The second-order valence-electron chi connectivity index (χ2n) is 5.83. The van der Waals surface area contributed by atoms with Crippen molar-refractivity contribution in [1.29, 1.82) is 0 Å². The van der Waals surface area contributed by atoms with Gasteiger partial charge >= 0.3 is 0 Å². The van der Waals surface area contributed by atoms with E-state index in [9.17, 15) is 4.79 Å². The van der Waals surface area contributed by atoms with Crippen LogP contribution >= 0.6 is 24.8 Å². The average Bonchev–Trinajstić information content (AvgIpc) is 2.62. The van der Waals surface area contributed by atoms with Gasteiger partial charge in [-0.3, -0.25) is 4.79 Å². The summed E-state index contributed by atoms with van der Waals surface area (Å²) in [5.41, 5.74) is 2.97. The van der Waals surface area contributed by atoms with Gasteiger partial charge in [-0.15, -0.1) is 24.8 Å². The van der Waals surface area contributed by atoms with Crippen LogP contribution < -0.4 is 15.5 Å². The van der Waals surface area contributed by atoms with Crippen molar-refractivity contribution in [2.75, 3.05) is 35.2 Å². The number of anilines is 3. The number of carbonyl (C=O) groups is 1. The Bertz CT molecular complexity index is 646. The monoisotopic (exact) mass is 381 g/mol. The van der Waals surface area contributed by atoms with Crippen LogP contribution in [0.2, 0.25) is 0 Å². The van der Waals surface area contributed by atoms with Crippen LogP contribution in [0.5, 0.6) is 0 Å². The molecular weight excluding hydrogens is 357 g/mol. The Morgan fingerprint density at radius 2 is 1.52 bits per heavy atom. The molecule has 4 nitrogen and oxygen atoms in total. The fourth-order valence-electron chi connectivity index (χ4n) is 2.92. The Kier molecular flexibility index (Phi) is 9.17. The van der Waals surface area contributed by atoms with E-state index in [-0.39, 0.29) is 37.3 Å². The lowest BCUT2D eigenvalue weighted by molar-refractivity contribution is -0.114. The first-order valence-corrected chi connectivity index (χ1v) is 8.26. The van der Waals surface area contributed by atoms with Gasteiger partial charge in [-0.25, -0.2) is 0 Å². The molecule has 0 aromatic heterocycles. The molecule has 2 N–H and O–H groups in total. The van der Waals surface area contributed by atoms with E-state index in [0.29, 0.717) is 0 Å². The molecule has 0 radical (unpaired) electrons. The van der Waals surface area contributed by atoms with Gasteiger partial charge < -0.3 is 15.5 Å². The van der Waals surface area contributed by atoms with Crippen LogP contribution in [-0.4, -0.2) is 25.5 Å². The lowest BCUT2D eigenvalue weighted by Gasteiger charge is -2.30. The third-order valence-electron chi connectivity index (χ3n) is 4.10. The molecule has 3 rings (SSSR count). The zero-order valence-electron chi connectivity index (χ0n) is 14.1. The van der Waals surface area contributed by atoms with E-state index in [4.69, 9.17) is 0 Å². The minimum Gasteiger partial charge on any atom is -0.376 e. The molecule has 0 spiro atoms. The SMILES string of the molecule is Cl.Cl.O=C(CNc1ccccc1)Nc1ccccc1N1CCCCC1. The Morgan fingerprint density at radius 3 is 2.24 bits per heavy atom. The molecule has 1 heterocycles. The highest BCUT2D eigenvalue weighted by Gasteiger charge is 2.15. The maximum absolute atomic E-state index is 12.2. The lowest BCUT2D eigenvalue weighted by atomic mass is 10.1. The number of halogens is 2. The zero-order chi connectivity index (χ0) is 15.9. The van der Waals surface area contributed by atoms with E-state index in [1.807, 2.05) is 48.5 Å². The molecule has 0 bridgehead atoms. The molecule has 0 aliphatic carbocycles. The summed E-state index contributed by atoms with van der Waals surface area (Å²) in [6.45, 7) is 2.39. The number of rotatable bonds is 5. The van der Waals surface area contributed by atoms with E-state index in [1.165, 1.54) is 19.3 Å². The minimum absolute atomic E-state index is 0. The topological polar surface area (TPSA) is 44.4 Å². The highest BCUT2D eigenvalue weighted by atomic mass is 35.5. The largest absolute Gasteiger partial charge is 0.376 e. The van der Waals surface area contributed by atoms with Gasteiger partial charge in [-0.1, -0.05) is 30.3 Å². The van der Waals surface area contributed by atoms with E-state index < -0.39 is 0 Å². The number of piperidine rings is 1. The molecule has 1 aliphatic heterocycles. The number of nitrogens with one attached hydrogen (secondary N) is 2. The normalized spacial score (nSPS) is 13.2. The van der Waals surface area contributed by atoms with Crippen LogP contribution in [-0.2, 0) is 4.79 Å². The molecule has 25 heavy (non-hydrogen) atoms. The fourth-order valence-corrected chi connectivity index (χ4v) is 2.92. The number of para-hydroxylation sites is 3. The molecule has 0 unspecified atom stereocenters. The molecule has 1 fully saturated rings. The highest BCUT2D eigenvalue weighted by molar-refractivity contribution is 5.96. The van der Waals surface area contributed by atoms with Crippen LogP contribution in [0, 0.1) is 0 Å². The molecule has 0 saturated carbocycles. The number of carbonyl (C=O) groups excluding carboxylic acids is 1. The van der Waals surface area contributed by atoms with E-state index >= 15 is 0 Å². The molecule has 2 aromatic rings. The average molecular weight is 382 g/mol. The third kappa shape index (κ3) is 6.15. The van der Waals surface area contributed by atoms with Gasteiger partial charge in [0, 0.05) is 18.8 Å². The molecule has 2 aromatic carbocycles. The summed E-state index contributed by atoms with van der Waals surface area (Å²) in [4.78, 5) is 14.6. The van der Waals surface area contributed by atoms with Crippen molar-refractivity contribution in [2.45, 2.75) is 19.3 Å². The second-order valence-corrected chi connectivity index (χ2v) is 5.83. The maximum Gasteiger partial charge on any atom is 0.243 e. The summed E-state index contributed by atoms with van der Waals surface area (Å²) in [6.07, 6.45) is 3.74. The van der Waals surface area contributed by atoms with Gasteiger partial charge in [0.1, 0.15) is 0 Å². The van der Waals surface area contributed by atoms with Gasteiger partial charge in [-0.05, 0) is 43.5 Å². The molecule has 0 atom stereocenters. The van der Waals surface area contributed by atoms with Crippen LogP contribution in [0.1, 0.15) is 19.3 Å². The van der Waals surface area contributed by atoms with Crippen molar-refractivity contribution >= 4 is 47.8 Å². The number of benzene rings is 2. The predicted octanol–water partition coefficient (Wildman–Crippen LogP) is 4.57. The first-order chi connectivity index (χ1) is 11.3. The molecule has 1 amide bonds. The Morgan fingerprint density at radius 1 is 0.880 bits per heavy atom. The van der Waals surface area contributed by atoms with E-state index in [0.717, 1.165) is 30.2 Å². The molecule has 136 valence electrons. The maximum atomic E-state index is 12.2. The predicted molar refractivity (Wildman–Crippen MR) is 111 cm³/mol. The number of amides is 1. The Labute approximate surface area is 161 Å². The molecule has 1 aliphatic rings. The second kappa shape index (κ2) is 10.9. The van der Waals surface area contributed by atoms with Crippen LogP contribution in [0.4, 0.5) is 17.1 Å². The zero-order valence-corrected chi connectivity index (χ0v) is 15.7. The summed E-state index contributed by atoms with van der Waals surface area (Å²) in [5, 5.41) is 6.17. The molecular formula is C19H25Cl2N3O. The van der Waals surface area contributed by atoms with Gasteiger partial charge in [-0.2, -0.15) is 0 Å². The van der Waals surface area contributed by atoms with Crippen molar-refractivity contribution in [3.8, 4) is 0 Å². The number of nitrogens with zero attached hydrogens (tertiary/aromatic N) is 1. The Balaban J connectivity index is 0.00000156. The standard InChI is InChI=1S/C19H23N3O.2ClH/c23-19(15-20-16-9-3-1-4-10-16)21-17-11-5-6-12-18(17)22-13-7-2-8-14-22;;/h1,3-6,9-12,20H,2,7-8,13-15H2,(H,21,23);2*1H. The van der Waals surface area contributed by atoms with Gasteiger partial charge in [0.2, 0.25) is 5.91 Å². The van der Waals surface area contributed by atoms with Crippen molar-refractivity contribution < 1.29 is 4.79 Å². The summed E-state index contributed by atoms with van der Waals surface area (Å²) < 4.78 is 0. The number of hydrogen-bond donors (Lipinski definition) is 2. The van der Waals surface area contributed by atoms with Gasteiger partial charge in [0.05, 0.1) is 17.9 Å². The van der Waals surface area contributed by atoms with Crippen LogP contribution in [0.15, 0.2) is 54.6 Å². The van der Waals surface area contributed by atoms with Crippen molar-refractivity contribution in [1.82, 2.24) is 0 Å². The van der Waals surface area contributed by atoms with Crippen molar-refractivity contribution in [3.63, 3.8) is 0 Å². The van der Waals surface area contributed by atoms with Crippen molar-refractivity contribution in [2.24, 2.45) is 0 Å². The molecule has 6 heteroatoms. The Hall–Kier alpha value is -1.91. The lowest BCUT2D eigenvalue weighted by Crippen LogP contribution is -2.31. The minimum atomic E-state index is -0.0293. The highest BCUT2D eigenvalue weighted by Crippen LogP contribution is 2.28.